The Kier molecular flexibility index (Phi) is 4.60. The molecule has 0 radical (unpaired) electrons. The standard InChI is InChI=1S/C22H30F3N7O3S/c23-22(24,25)21(3-4-21)7-26-36(34,35)32-12-20(13-32)10-31(11-20)18(33)30-8-19(9-30)5-15(6-19)17-27-16(28-29-17)14-1-2-14/h14-15,26H,1-13H2,(H,27,28,29). The molecule has 3 saturated carbocycles. The number of H-pyrrole nitrogens is 1. The number of aromatic nitrogens is 3. The fourth-order valence-corrected chi connectivity index (χ4v) is 8.08. The van der Waals surface area contributed by atoms with Crippen molar-refractivity contribution in [3.8, 4) is 0 Å². The molecule has 6 aliphatic rings. The van der Waals surface area contributed by atoms with Crippen LogP contribution in [0.3, 0.4) is 0 Å². The molecule has 3 saturated heterocycles. The van der Waals surface area contributed by atoms with Crippen molar-refractivity contribution in [2.45, 2.75) is 56.5 Å². The highest BCUT2D eigenvalue weighted by atomic mass is 32.2. The van der Waals surface area contributed by atoms with Gasteiger partial charge in [0.15, 0.2) is 0 Å². The van der Waals surface area contributed by atoms with Crippen LogP contribution < -0.4 is 4.72 Å². The van der Waals surface area contributed by atoms with E-state index in [1.165, 1.54) is 17.1 Å². The lowest BCUT2D eigenvalue weighted by Crippen LogP contribution is -2.76. The summed E-state index contributed by atoms with van der Waals surface area (Å²) in [4.78, 5) is 19.9. The van der Waals surface area contributed by atoms with Crippen molar-refractivity contribution >= 4 is 16.2 Å². The number of carbonyl (C=O) groups is 1. The number of alkyl halides is 3. The first-order chi connectivity index (χ1) is 16.9. The molecule has 0 aromatic carbocycles. The Hall–Kier alpha value is -1.93. The average molecular weight is 530 g/mol. The molecule has 10 nitrogen and oxygen atoms in total. The molecule has 2 amide bonds. The molecule has 3 aliphatic heterocycles. The van der Waals surface area contributed by atoms with E-state index in [0.29, 0.717) is 24.9 Å². The minimum absolute atomic E-state index is 0.00864. The Labute approximate surface area is 207 Å². The predicted octanol–water partition coefficient (Wildman–Crippen LogP) is 1.78. The largest absolute Gasteiger partial charge is 0.395 e. The van der Waals surface area contributed by atoms with Crippen LogP contribution >= 0.6 is 0 Å². The van der Waals surface area contributed by atoms with E-state index in [2.05, 4.69) is 19.9 Å². The van der Waals surface area contributed by atoms with Gasteiger partial charge in [-0.2, -0.15) is 25.9 Å². The summed E-state index contributed by atoms with van der Waals surface area (Å²) in [6.45, 7) is 2.30. The molecule has 36 heavy (non-hydrogen) atoms. The number of amides is 2. The first kappa shape index (κ1) is 23.2. The molecule has 2 spiro atoms. The second kappa shape index (κ2) is 7.13. The van der Waals surface area contributed by atoms with Crippen LogP contribution in [0.25, 0.3) is 0 Å². The topological polar surface area (TPSA) is 115 Å². The van der Waals surface area contributed by atoms with Gasteiger partial charge >= 0.3 is 12.2 Å². The first-order valence-corrected chi connectivity index (χ1v) is 14.1. The van der Waals surface area contributed by atoms with Crippen LogP contribution in [0.4, 0.5) is 18.0 Å². The van der Waals surface area contributed by atoms with Crippen LogP contribution in [0.15, 0.2) is 0 Å². The number of hydrogen-bond donors (Lipinski definition) is 2. The maximum absolute atomic E-state index is 13.1. The second-order valence-corrected chi connectivity index (χ2v) is 14.1. The third kappa shape index (κ3) is 3.57. The van der Waals surface area contributed by atoms with Crippen molar-refractivity contribution in [1.29, 1.82) is 0 Å². The lowest BCUT2D eigenvalue weighted by atomic mass is 9.57. The monoisotopic (exact) mass is 529 g/mol. The number of nitrogens with zero attached hydrogens (tertiary/aromatic N) is 5. The summed E-state index contributed by atoms with van der Waals surface area (Å²) in [5.41, 5.74) is -2.01. The maximum atomic E-state index is 13.1. The Morgan fingerprint density at radius 3 is 2.03 bits per heavy atom. The van der Waals surface area contributed by atoms with Crippen LogP contribution in [-0.4, -0.2) is 95.7 Å². The van der Waals surface area contributed by atoms with Crippen LogP contribution in [0, 0.1) is 16.2 Å². The van der Waals surface area contributed by atoms with Gasteiger partial charge in [-0.25, -0.2) is 9.52 Å². The molecule has 0 bridgehead atoms. The Balaban J connectivity index is 0.844. The van der Waals surface area contributed by atoms with E-state index < -0.39 is 28.3 Å². The summed E-state index contributed by atoms with van der Waals surface area (Å²) in [7, 11) is -3.95. The summed E-state index contributed by atoms with van der Waals surface area (Å²) in [5, 5.41) is 8.60. The number of aromatic amines is 1. The van der Waals surface area contributed by atoms with E-state index in [1.54, 1.807) is 4.90 Å². The zero-order valence-electron chi connectivity index (χ0n) is 19.9. The fraction of sp³-hybridized carbons (Fsp3) is 0.864. The average Bonchev–Trinajstić information content (AvgIpc) is 3.60. The molecule has 4 heterocycles. The highest BCUT2D eigenvalue weighted by Gasteiger charge is 2.64. The highest BCUT2D eigenvalue weighted by molar-refractivity contribution is 7.87. The lowest BCUT2D eigenvalue weighted by molar-refractivity contribution is -0.184. The van der Waals surface area contributed by atoms with E-state index in [0.717, 1.165) is 37.6 Å². The smallest absolute Gasteiger partial charge is 0.328 e. The summed E-state index contributed by atoms with van der Waals surface area (Å²) >= 11 is 0. The molecule has 1 aromatic heterocycles. The molecule has 14 heteroatoms. The van der Waals surface area contributed by atoms with Crippen LogP contribution in [-0.2, 0) is 10.2 Å². The summed E-state index contributed by atoms with van der Waals surface area (Å²) in [6.07, 6.45) is -0.0899. The number of halogens is 3. The molecular formula is C22H30F3N7O3S. The zero-order chi connectivity index (χ0) is 25.1. The van der Waals surface area contributed by atoms with Gasteiger partial charge in [0.1, 0.15) is 11.6 Å². The number of carbonyl (C=O) groups excluding carboxylic acids is 1. The first-order valence-electron chi connectivity index (χ1n) is 12.7. The van der Waals surface area contributed by atoms with Gasteiger partial charge in [0.2, 0.25) is 0 Å². The molecule has 7 rings (SSSR count). The molecule has 2 N–H and O–H groups in total. The van der Waals surface area contributed by atoms with Crippen molar-refractivity contribution < 1.29 is 26.4 Å². The van der Waals surface area contributed by atoms with E-state index in [9.17, 15) is 26.4 Å². The molecule has 198 valence electrons. The van der Waals surface area contributed by atoms with Crippen molar-refractivity contribution in [1.82, 2.24) is 34.0 Å². The molecule has 6 fully saturated rings. The van der Waals surface area contributed by atoms with Crippen LogP contribution in [0.2, 0.25) is 0 Å². The van der Waals surface area contributed by atoms with Crippen LogP contribution in [0.5, 0.6) is 0 Å². The van der Waals surface area contributed by atoms with Gasteiger partial charge in [-0.05, 0) is 38.5 Å². The van der Waals surface area contributed by atoms with Crippen LogP contribution in [0.1, 0.15) is 62.0 Å². The fourth-order valence-electron chi connectivity index (χ4n) is 6.55. The number of nitrogens with one attached hydrogen (secondary N) is 2. The Morgan fingerprint density at radius 1 is 0.944 bits per heavy atom. The van der Waals surface area contributed by atoms with E-state index in [4.69, 9.17) is 0 Å². The summed E-state index contributed by atoms with van der Waals surface area (Å²) in [5.74, 6) is 2.92. The van der Waals surface area contributed by atoms with Crippen molar-refractivity contribution in [3.05, 3.63) is 11.6 Å². The lowest BCUT2D eigenvalue weighted by Gasteiger charge is -2.63. The summed E-state index contributed by atoms with van der Waals surface area (Å²) in [6, 6.07) is -0.00864. The number of likely N-dealkylation sites (tertiary alicyclic amines) is 2. The maximum Gasteiger partial charge on any atom is 0.395 e. The van der Waals surface area contributed by atoms with Gasteiger partial charge < -0.3 is 14.8 Å². The Morgan fingerprint density at radius 2 is 1.50 bits per heavy atom. The third-order valence-electron chi connectivity index (χ3n) is 9.29. The summed E-state index contributed by atoms with van der Waals surface area (Å²) < 4.78 is 67.5. The minimum Gasteiger partial charge on any atom is -0.328 e. The van der Waals surface area contributed by atoms with Crippen molar-refractivity contribution in [3.63, 3.8) is 0 Å². The van der Waals surface area contributed by atoms with Gasteiger partial charge in [-0.15, -0.1) is 10.2 Å². The molecule has 1 aromatic rings. The quantitative estimate of drug-likeness (QED) is 0.583. The third-order valence-corrected chi connectivity index (χ3v) is 10.7. The molecule has 0 unspecified atom stereocenters. The number of rotatable bonds is 6. The highest BCUT2D eigenvalue weighted by Crippen LogP contribution is 2.58. The number of hydrogen-bond acceptors (Lipinski definition) is 5. The second-order valence-electron chi connectivity index (χ2n) is 12.3. The minimum atomic E-state index is -4.40. The Bertz CT molecular complexity index is 1180. The molecule has 3 aliphatic carbocycles. The van der Waals surface area contributed by atoms with Crippen molar-refractivity contribution in [2.24, 2.45) is 16.2 Å². The van der Waals surface area contributed by atoms with E-state index in [-0.39, 0.29) is 42.8 Å². The molecule has 0 atom stereocenters. The van der Waals surface area contributed by atoms with Gasteiger partial charge in [-0.3, -0.25) is 0 Å². The van der Waals surface area contributed by atoms with Gasteiger partial charge in [-0.1, -0.05) is 0 Å². The van der Waals surface area contributed by atoms with Gasteiger partial charge in [0.05, 0.1) is 5.41 Å². The SMILES string of the molecule is O=C(N1CC2(CC(c3nnc(C4CC4)[nH]3)C2)C1)N1CC2(C1)CN(S(=O)(=O)NCC1(C(F)(F)F)CC1)C2. The number of urea groups is 1. The van der Waals surface area contributed by atoms with Gasteiger partial charge in [0.25, 0.3) is 10.2 Å². The van der Waals surface area contributed by atoms with Gasteiger partial charge in [0, 0.05) is 68.5 Å². The predicted molar refractivity (Wildman–Crippen MR) is 120 cm³/mol. The van der Waals surface area contributed by atoms with E-state index in [1.807, 2.05) is 4.90 Å². The van der Waals surface area contributed by atoms with E-state index >= 15 is 0 Å². The van der Waals surface area contributed by atoms with Crippen molar-refractivity contribution in [2.75, 3.05) is 45.8 Å². The normalized spacial score (nSPS) is 28.4. The molecular weight excluding hydrogens is 499 g/mol. The zero-order valence-corrected chi connectivity index (χ0v) is 20.7.